The Labute approximate surface area is 86.4 Å². The van der Waals surface area contributed by atoms with Gasteiger partial charge in [-0.2, -0.15) is 0 Å². The van der Waals surface area contributed by atoms with Gasteiger partial charge in [-0.15, -0.1) is 0 Å². The Balaban J connectivity index is 2.63. The lowest BCUT2D eigenvalue weighted by atomic mass is 9.91. The van der Waals surface area contributed by atoms with E-state index in [0.717, 1.165) is 6.54 Å². The van der Waals surface area contributed by atoms with Crippen molar-refractivity contribution in [3.8, 4) is 0 Å². The van der Waals surface area contributed by atoms with E-state index < -0.39 is 6.10 Å². The quantitative estimate of drug-likeness (QED) is 0.746. The Kier molecular flexibility index (Phi) is 3.81. The maximum atomic E-state index is 10.0. The summed E-state index contributed by atoms with van der Waals surface area (Å²) in [6.45, 7) is 7.84. The summed E-state index contributed by atoms with van der Waals surface area (Å²) in [6.07, 6.45) is 1.42. The van der Waals surface area contributed by atoms with Gasteiger partial charge in [-0.3, -0.25) is 0 Å². The lowest BCUT2D eigenvalue weighted by Crippen LogP contribution is -2.32. The molecule has 0 amide bonds. The lowest BCUT2D eigenvalue weighted by Gasteiger charge is -2.29. The van der Waals surface area contributed by atoms with Gasteiger partial charge in [-0.05, 0) is 11.8 Å². The number of rotatable bonds is 3. The molecule has 14 heavy (non-hydrogen) atoms. The molecule has 82 valence electrons. The van der Waals surface area contributed by atoms with Crippen LogP contribution in [0.15, 0.2) is 12.0 Å². The van der Waals surface area contributed by atoms with Gasteiger partial charge in [0, 0.05) is 13.2 Å². The predicted molar refractivity (Wildman–Crippen MR) is 56.7 cm³/mol. The summed E-state index contributed by atoms with van der Waals surface area (Å²) in [4.78, 5) is 2.05. The third-order valence-corrected chi connectivity index (χ3v) is 2.90. The number of ether oxygens (including phenoxy) is 1. The Bertz CT molecular complexity index is 213. The Morgan fingerprint density at radius 2 is 2.07 bits per heavy atom. The van der Waals surface area contributed by atoms with Crippen molar-refractivity contribution in [1.29, 1.82) is 0 Å². The first-order valence-corrected chi connectivity index (χ1v) is 5.25. The Morgan fingerprint density at radius 1 is 1.43 bits per heavy atom. The molecule has 0 saturated heterocycles. The molecule has 2 unspecified atom stereocenters. The summed E-state index contributed by atoms with van der Waals surface area (Å²) < 4.78 is 5.45. The third kappa shape index (κ3) is 2.64. The standard InChI is InChI=1S/C11H21NO2/c1-8(2)9(3)11(13)10-7-12(4)5-6-14-10/h7-9,11,13H,5-6H2,1-4H3. The molecule has 0 aliphatic carbocycles. The monoisotopic (exact) mass is 199 g/mol. The minimum atomic E-state index is -0.474. The van der Waals surface area contributed by atoms with Crippen molar-refractivity contribution in [1.82, 2.24) is 4.90 Å². The fourth-order valence-electron chi connectivity index (χ4n) is 1.41. The lowest BCUT2D eigenvalue weighted by molar-refractivity contribution is 0.0352. The highest BCUT2D eigenvalue weighted by atomic mass is 16.5. The summed E-state index contributed by atoms with van der Waals surface area (Å²) in [5.74, 6) is 1.40. The number of aliphatic hydroxyl groups is 1. The van der Waals surface area contributed by atoms with E-state index >= 15 is 0 Å². The van der Waals surface area contributed by atoms with Crippen LogP contribution in [0.1, 0.15) is 20.8 Å². The Morgan fingerprint density at radius 3 is 2.57 bits per heavy atom. The van der Waals surface area contributed by atoms with Gasteiger partial charge in [-0.25, -0.2) is 0 Å². The molecular formula is C11H21NO2. The van der Waals surface area contributed by atoms with Crippen LogP contribution in [0.5, 0.6) is 0 Å². The third-order valence-electron chi connectivity index (χ3n) is 2.90. The zero-order chi connectivity index (χ0) is 10.7. The summed E-state index contributed by atoms with van der Waals surface area (Å²) in [6, 6.07) is 0. The number of hydrogen-bond donors (Lipinski definition) is 1. The van der Waals surface area contributed by atoms with Gasteiger partial charge < -0.3 is 14.7 Å². The van der Waals surface area contributed by atoms with E-state index in [1.54, 1.807) is 0 Å². The van der Waals surface area contributed by atoms with E-state index in [-0.39, 0.29) is 5.92 Å². The summed E-state index contributed by atoms with van der Waals surface area (Å²) in [7, 11) is 2.00. The van der Waals surface area contributed by atoms with E-state index in [0.29, 0.717) is 18.3 Å². The number of likely N-dealkylation sites (N-methyl/N-ethyl adjacent to an activating group) is 1. The molecule has 1 heterocycles. The predicted octanol–water partition coefficient (Wildman–Crippen LogP) is 1.44. The maximum Gasteiger partial charge on any atom is 0.141 e. The molecule has 0 aromatic carbocycles. The van der Waals surface area contributed by atoms with Crippen molar-refractivity contribution < 1.29 is 9.84 Å². The molecule has 1 aliphatic rings. The van der Waals surface area contributed by atoms with Crippen LogP contribution >= 0.6 is 0 Å². The fraction of sp³-hybridized carbons (Fsp3) is 0.818. The molecule has 1 aliphatic heterocycles. The van der Waals surface area contributed by atoms with Crippen LogP contribution in [-0.4, -0.2) is 36.3 Å². The van der Waals surface area contributed by atoms with E-state index in [1.807, 2.05) is 20.2 Å². The highest BCUT2D eigenvalue weighted by Crippen LogP contribution is 2.22. The zero-order valence-corrected chi connectivity index (χ0v) is 9.53. The fourth-order valence-corrected chi connectivity index (χ4v) is 1.41. The summed E-state index contributed by atoms with van der Waals surface area (Å²) >= 11 is 0. The van der Waals surface area contributed by atoms with Gasteiger partial charge in [0.25, 0.3) is 0 Å². The normalized spacial score (nSPS) is 21.6. The molecule has 0 radical (unpaired) electrons. The van der Waals surface area contributed by atoms with Gasteiger partial charge in [0.15, 0.2) is 0 Å². The van der Waals surface area contributed by atoms with Gasteiger partial charge >= 0.3 is 0 Å². The van der Waals surface area contributed by atoms with Gasteiger partial charge in [0.1, 0.15) is 18.5 Å². The van der Waals surface area contributed by atoms with Crippen LogP contribution in [0.2, 0.25) is 0 Å². The first-order valence-electron chi connectivity index (χ1n) is 5.25. The number of hydrogen-bond acceptors (Lipinski definition) is 3. The van der Waals surface area contributed by atoms with Crippen molar-refractivity contribution in [2.24, 2.45) is 11.8 Å². The summed E-state index contributed by atoms with van der Waals surface area (Å²) in [5.41, 5.74) is 0. The van der Waals surface area contributed by atoms with Crippen molar-refractivity contribution >= 4 is 0 Å². The van der Waals surface area contributed by atoms with Gasteiger partial charge in [-0.1, -0.05) is 20.8 Å². The maximum absolute atomic E-state index is 10.0. The van der Waals surface area contributed by atoms with Crippen LogP contribution in [0, 0.1) is 11.8 Å². The largest absolute Gasteiger partial charge is 0.492 e. The minimum absolute atomic E-state index is 0.229. The molecule has 0 fully saturated rings. The second-order valence-electron chi connectivity index (χ2n) is 4.41. The summed E-state index contributed by atoms with van der Waals surface area (Å²) in [5, 5.41) is 10.0. The molecule has 0 aromatic rings. The Hall–Kier alpha value is -0.700. The SMILES string of the molecule is CC(C)C(C)C(O)C1=CN(C)CCO1. The molecule has 0 spiro atoms. The van der Waals surface area contributed by atoms with Crippen molar-refractivity contribution in [2.45, 2.75) is 26.9 Å². The van der Waals surface area contributed by atoms with Crippen molar-refractivity contribution in [3.05, 3.63) is 12.0 Å². The van der Waals surface area contributed by atoms with Crippen LogP contribution in [0.3, 0.4) is 0 Å². The van der Waals surface area contributed by atoms with Crippen molar-refractivity contribution in [2.75, 3.05) is 20.2 Å². The molecule has 1 rings (SSSR count). The first-order chi connectivity index (χ1) is 6.52. The van der Waals surface area contributed by atoms with Crippen molar-refractivity contribution in [3.63, 3.8) is 0 Å². The van der Waals surface area contributed by atoms with E-state index in [9.17, 15) is 5.11 Å². The second-order valence-corrected chi connectivity index (χ2v) is 4.41. The van der Waals surface area contributed by atoms with Crippen LogP contribution < -0.4 is 0 Å². The van der Waals surface area contributed by atoms with E-state index in [4.69, 9.17) is 4.74 Å². The molecule has 0 aromatic heterocycles. The highest BCUT2D eigenvalue weighted by molar-refractivity contribution is 5.03. The smallest absolute Gasteiger partial charge is 0.141 e. The zero-order valence-electron chi connectivity index (χ0n) is 9.53. The molecule has 3 heteroatoms. The molecule has 1 N–H and O–H groups in total. The average molecular weight is 199 g/mol. The minimum Gasteiger partial charge on any atom is -0.492 e. The van der Waals surface area contributed by atoms with Crippen LogP contribution in [0.4, 0.5) is 0 Å². The molecule has 0 bridgehead atoms. The van der Waals surface area contributed by atoms with Crippen LogP contribution in [0.25, 0.3) is 0 Å². The topological polar surface area (TPSA) is 32.7 Å². The van der Waals surface area contributed by atoms with E-state index in [1.165, 1.54) is 0 Å². The van der Waals surface area contributed by atoms with E-state index in [2.05, 4.69) is 18.7 Å². The molecular weight excluding hydrogens is 178 g/mol. The van der Waals surface area contributed by atoms with Crippen LogP contribution in [-0.2, 0) is 4.74 Å². The van der Waals surface area contributed by atoms with Gasteiger partial charge in [0.2, 0.25) is 0 Å². The average Bonchev–Trinajstić information content (AvgIpc) is 2.15. The second kappa shape index (κ2) is 4.69. The number of aliphatic hydroxyl groups excluding tert-OH is 1. The molecule has 2 atom stereocenters. The number of nitrogens with zero attached hydrogens (tertiary/aromatic N) is 1. The van der Waals surface area contributed by atoms with Gasteiger partial charge in [0.05, 0.1) is 6.54 Å². The molecule has 0 saturated carbocycles. The highest BCUT2D eigenvalue weighted by Gasteiger charge is 2.24. The molecule has 3 nitrogen and oxygen atoms in total. The first kappa shape index (κ1) is 11.4.